The van der Waals surface area contributed by atoms with Crippen molar-refractivity contribution in [3.05, 3.63) is 0 Å². The Balaban J connectivity index is 0. The van der Waals surface area contributed by atoms with Crippen LogP contribution in [0, 0.1) is 0 Å². The molecule has 0 unspecified atom stereocenters. The van der Waals surface area contributed by atoms with E-state index in [1.165, 1.54) is 70.6 Å². The molecule has 0 atom stereocenters. The largest absolute Gasteiger partial charge is 2.00 e. The Kier molecular flexibility index (Phi) is 23.7. The summed E-state index contributed by atoms with van der Waals surface area (Å²) in [5.41, 5.74) is 0. The van der Waals surface area contributed by atoms with Gasteiger partial charge in [0.15, 0.2) is 0 Å². The van der Waals surface area contributed by atoms with Crippen molar-refractivity contribution in [2.45, 2.75) is 90.4 Å². The SMILES string of the molecule is CCCCCCCCCCCCCCCOB([O-])[O-].[Ca+2]. The number of rotatable bonds is 15. The normalized spacial score (nSPS) is 10.3. The maximum atomic E-state index is 10.1. The van der Waals surface area contributed by atoms with Crippen LogP contribution in [-0.4, -0.2) is 51.7 Å². The van der Waals surface area contributed by atoms with E-state index in [1.54, 1.807) is 0 Å². The second-order valence-electron chi connectivity index (χ2n) is 5.40. The van der Waals surface area contributed by atoms with Gasteiger partial charge in [0, 0.05) is 6.61 Å². The Hall–Kier alpha value is 1.20. The van der Waals surface area contributed by atoms with Gasteiger partial charge in [-0.25, -0.2) is 0 Å². The summed E-state index contributed by atoms with van der Waals surface area (Å²) in [6.07, 6.45) is 16.8. The third-order valence-electron chi connectivity index (χ3n) is 3.50. The van der Waals surface area contributed by atoms with Crippen molar-refractivity contribution in [2.24, 2.45) is 0 Å². The first kappa shape index (κ1) is 23.5. The molecule has 20 heavy (non-hydrogen) atoms. The molecule has 0 radical (unpaired) electrons. The topological polar surface area (TPSA) is 55.3 Å². The van der Waals surface area contributed by atoms with Crippen molar-refractivity contribution in [1.82, 2.24) is 0 Å². The molecule has 0 spiro atoms. The predicted octanol–water partition coefficient (Wildman–Crippen LogP) is 2.42. The van der Waals surface area contributed by atoms with E-state index in [4.69, 9.17) is 0 Å². The standard InChI is InChI=1S/C15H31BO3.Ca/c1-2-3-4-5-6-7-8-9-10-11-12-13-14-15-19-16(17)18;/h2-15H2,1H3;/q-2;+2. The third-order valence-corrected chi connectivity index (χ3v) is 3.50. The molecular formula is C15H31BCaO3. The average molecular weight is 310 g/mol. The molecule has 114 valence electrons. The molecule has 0 N–H and O–H groups in total. The van der Waals surface area contributed by atoms with E-state index in [-0.39, 0.29) is 37.7 Å². The van der Waals surface area contributed by atoms with E-state index in [1.807, 2.05) is 0 Å². The summed E-state index contributed by atoms with van der Waals surface area (Å²) in [5, 5.41) is 20.1. The Labute approximate surface area is 156 Å². The zero-order chi connectivity index (χ0) is 14.2. The van der Waals surface area contributed by atoms with Crippen LogP contribution in [0.3, 0.4) is 0 Å². The van der Waals surface area contributed by atoms with Gasteiger partial charge < -0.3 is 14.7 Å². The average Bonchev–Trinajstić information content (AvgIpc) is 2.39. The minimum absolute atomic E-state index is 0. The summed E-state index contributed by atoms with van der Waals surface area (Å²) in [4.78, 5) is 0. The van der Waals surface area contributed by atoms with Gasteiger partial charge in [-0.05, 0) is 6.42 Å². The summed E-state index contributed by atoms with van der Waals surface area (Å²) >= 11 is 0. The predicted molar refractivity (Wildman–Crippen MR) is 83.2 cm³/mol. The van der Waals surface area contributed by atoms with E-state index < -0.39 is 7.32 Å². The van der Waals surface area contributed by atoms with Crippen molar-refractivity contribution in [3.63, 3.8) is 0 Å². The van der Waals surface area contributed by atoms with Gasteiger partial charge in [0.25, 0.3) is 0 Å². The van der Waals surface area contributed by atoms with Gasteiger partial charge in [-0.15, -0.1) is 0 Å². The van der Waals surface area contributed by atoms with Crippen molar-refractivity contribution < 1.29 is 14.7 Å². The second-order valence-corrected chi connectivity index (χ2v) is 5.40. The molecule has 0 aliphatic heterocycles. The molecule has 0 heterocycles. The maximum Gasteiger partial charge on any atom is 2.00 e. The van der Waals surface area contributed by atoms with Crippen LogP contribution in [0.4, 0.5) is 0 Å². The molecule has 0 aromatic carbocycles. The number of hydrogen-bond acceptors (Lipinski definition) is 3. The minimum Gasteiger partial charge on any atom is -0.871 e. The van der Waals surface area contributed by atoms with Crippen molar-refractivity contribution in [3.8, 4) is 0 Å². The Morgan fingerprint density at radius 1 is 0.650 bits per heavy atom. The molecule has 0 amide bonds. The molecule has 0 aliphatic carbocycles. The fourth-order valence-corrected chi connectivity index (χ4v) is 2.30. The van der Waals surface area contributed by atoms with Crippen LogP contribution < -0.4 is 10.0 Å². The monoisotopic (exact) mass is 310 g/mol. The molecule has 0 fully saturated rings. The van der Waals surface area contributed by atoms with Gasteiger partial charge in [0.05, 0.1) is 7.32 Å². The van der Waals surface area contributed by atoms with Crippen LogP contribution in [0.5, 0.6) is 0 Å². The van der Waals surface area contributed by atoms with Gasteiger partial charge in [0.1, 0.15) is 0 Å². The zero-order valence-corrected chi connectivity index (χ0v) is 15.6. The quantitative estimate of drug-likeness (QED) is 0.345. The molecule has 0 aromatic rings. The van der Waals surface area contributed by atoms with E-state index >= 15 is 0 Å². The van der Waals surface area contributed by atoms with E-state index in [9.17, 15) is 10.0 Å². The maximum absolute atomic E-state index is 10.1. The van der Waals surface area contributed by atoms with Gasteiger partial charge in [-0.1, -0.05) is 84.0 Å². The first-order valence-electron chi connectivity index (χ1n) is 8.20. The fraction of sp³-hybridized carbons (Fsp3) is 1.00. The van der Waals surface area contributed by atoms with Crippen molar-refractivity contribution >= 4 is 45.1 Å². The Bertz CT molecular complexity index is 171. The third kappa shape index (κ3) is 21.5. The van der Waals surface area contributed by atoms with Crippen LogP contribution in [0.1, 0.15) is 90.4 Å². The number of unbranched alkanes of at least 4 members (excludes halogenated alkanes) is 12. The van der Waals surface area contributed by atoms with Crippen LogP contribution >= 0.6 is 0 Å². The summed E-state index contributed by atoms with van der Waals surface area (Å²) in [5.74, 6) is 0. The molecular weight excluding hydrogens is 279 g/mol. The van der Waals surface area contributed by atoms with Crippen LogP contribution in [-0.2, 0) is 4.65 Å². The molecule has 0 bridgehead atoms. The molecule has 0 saturated heterocycles. The molecule has 0 rings (SSSR count). The van der Waals surface area contributed by atoms with Gasteiger partial charge >= 0.3 is 37.7 Å². The van der Waals surface area contributed by atoms with E-state index in [0.29, 0.717) is 6.61 Å². The first-order chi connectivity index (χ1) is 9.27. The smallest absolute Gasteiger partial charge is 0.871 e. The van der Waals surface area contributed by atoms with Crippen LogP contribution in [0.2, 0.25) is 0 Å². The molecule has 0 aliphatic rings. The molecule has 5 heteroatoms. The van der Waals surface area contributed by atoms with Crippen LogP contribution in [0.15, 0.2) is 0 Å². The van der Waals surface area contributed by atoms with Crippen LogP contribution in [0.25, 0.3) is 0 Å². The van der Waals surface area contributed by atoms with Crippen molar-refractivity contribution in [1.29, 1.82) is 0 Å². The Morgan fingerprint density at radius 2 is 1.00 bits per heavy atom. The van der Waals surface area contributed by atoms with Gasteiger partial charge in [-0.2, -0.15) is 0 Å². The minimum atomic E-state index is -2.10. The first-order valence-corrected chi connectivity index (χ1v) is 8.20. The summed E-state index contributed by atoms with van der Waals surface area (Å²) in [7, 11) is -2.10. The van der Waals surface area contributed by atoms with Crippen molar-refractivity contribution in [2.75, 3.05) is 6.61 Å². The molecule has 0 saturated carbocycles. The molecule has 0 aromatic heterocycles. The van der Waals surface area contributed by atoms with Gasteiger partial charge in [0.2, 0.25) is 0 Å². The van der Waals surface area contributed by atoms with Gasteiger partial charge in [-0.3, -0.25) is 0 Å². The summed E-state index contributed by atoms with van der Waals surface area (Å²) in [6.45, 7) is 2.58. The number of hydrogen-bond donors (Lipinski definition) is 0. The molecule has 3 nitrogen and oxygen atoms in total. The zero-order valence-electron chi connectivity index (χ0n) is 13.4. The Morgan fingerprint density at radius 3 is 1.35 bits per heavy atom. The van der Waals surface area contributed by atoms with E-state index in [0.717, 1.165) is 12.8 Å². The summed E-state index contributed by atoms with van der Waals surface area (Å²) in [6, 6.07) is 0. The summed E-state index contributed by atoms with van der Waals surface area (Å²) < 4.78 is 4.43. The second kappa shape index (κ2) is 20.2. The fourth-order valence-electron chi connectivity index (χ4n) is 2.30. The van der Waals surface area contributed by atoms with E-state index in [2.05, 4.69) is 11.6 Å².